The average Bonchev–Trinajstić information content (AvgIpc) is 2.68. The Bertz CT molecular complexity index is 101. The molecule has 0 spiro atoms. The van der Waals surface area contributed by atoms with Gasteiger partial charge in [-0.15, -0.1) is 0 Å². The summed E-state index contributed by atoms with van der Waals surface area (Å²) in [5.74, 6) is 1.64. The van der Waals surface area contributed by atoms with E-state index in [1.54, 1.807) is 0 Å². The highest BCUT2D eigenvalue weighted by molar-refractivity contribution is 4.80. The molecular weight excluding hydrogens is 126 g/mol. The molecule has 1 unspecified atom stereocenters. The summed E-state index contributed by atoms with van der Waals surface area (Å²) in [6.45, 7) is 2.37. The van der Waals surface area contributed by atoms with Crippen LogP contribution in [0.1, 0.15) is 26.2 Å². The molecule has 60 valence electrons. The maximum Gasteiger partial charge on any atom is 0.0582 e. The quantitative estimate of drug-likeness (QED) is 0.609. The Hall–Kier alpha value is -0.0800. The monoisotopic (exact) mass is 143 g/mol. The summed E-state index contributed by atoms with van der Waals surface area (Å²) in [5, 5.41) is 8.66. The van der Waals surface area contributed by atoms with E-state index in [1.165, 1.54) is 12.8 Å². The largest absolute Gasteiger partial charge is 0.395 e. The Balaban J connectivity index is 2.10. The van der Waals surface area contributed by atoms with Crippen LogP contribution >= 0.6 is 0 Å². The Labute approximate surface area is 62.4 Å². The minimum absolute atomic E-state index is 0.00981. The molecule has 0 aromatic heterocycles. The molecule has 0 aromatic rings. The minimum Gasteiger partial charge on any atom is -0.395 e. The molecule has 0 saturated heterocycles. The number of aliphatic hydroxyl groups excluding tert-OH is 1. The van der Waals surface area contributed by atoms with Crippen molar-refractivity contribution in [2.45, 2.75) is 32.2 Å². The van der Waals surface area contributed by atoms with Crippen molar-refractivity contribution < 1.29 is 5.11 Å². The summed E-state index contributed by atoms with van der Waals surface area (Å²) in [7, 11) is 0. The van der Waals surface area contributed by atoms with E-state index in [0.717, 1.165) is 18.3 Å². The van der Waals surface area contributed by atoms with Gasteiger partial charge in [0.15, 0.2) is 0 Å². The number of rotatable bonds is 4. The Kier molecular flexibility index (Phi) is 2.69. The van der Waals surface area contributed by atoms with Crippen LogP contribution in [0.25, 0.3) is 0 Å². The normalized spacial score (nSPS) is 24.3. The van der Waals surface area contributed by atoms with Crippen molar-refractivity contribution in [1.82, 2.24) is 0 Å². The van der Waals surface area contributed by atoms with Gasteiger partial charge in [-0.2, -0.15) is 0 Å². The zero-order valence-corrected chi connectivity index (χ0v) is 6.59. The number of aliphatic hydroxyl groups is 1. The van der Waals surface area contributed by atoms with E-state index in [1.807, 2.05) is 0 Å². The third-order valence-electron chi connectivity index (χ3n) is 2.34. The molecule has 1 aliphatic rings. The van der Waals surface area contributed by atoms with Gasteiger partial charge in [-0.3, -0.25) is 0 Å². The molecule has 0 bridgehead atoms. The van der Waals surface area contributed by atoms with Crippen LogP contribution in [0.3, 0.4) is 0 Å². The fourth-order valence-electron chi connectivity index (χ4n) is 1.41. The van der Waals surface area contributed by atoms with Gasteiger partial charge in [-0.1, -0.05) is 6.92 Å². The molecule has 0 amide bonds. The van der Waals surface area contributed by atoms with E-state index in [-0.39, 0.29) is 12.6 Å². The molecular formula is C8H17NO. The molecule has 2 atom stereocenters. The average molecular weight is 143 g/mol. The molecule has 0 aromatic carbocycles. The first kappa shape index (κ1) is 8.02. The van der Waals surface area contributed by atoms with Gasteiger partial charge >= 0.3 is 0 Å². The van der Waals surface area contributed by atoms with Crippen LogP contribution in [-0.2, 0) is 0 Å². The first-order valence-electron chi connectivity index (χ1n) is 4.10. The maximum atomic E-state index is 8.66. The Morgan fingerprint density at radius 2 is 2.20 bits per heavy atom. The van der Waals surface area contributed by atoms with Crippen molar-refractivity contribution in [2.24, 2.45) is 17.6 Å². The number of nitrogens with two attached hydrogens (primary N) is 1. The smallest absolute Gasteiger partial charge is 0.0582 e. The highest BCUT2D eigenvalue weighted by Crippen LogP contribution is 2.38. The van der Waals surface area contributed by atoms with Crippen molar-refractivity contribution in [3.8, 4) is 0 Å². The predicted octanol–water partition coefficient (Wildman–Crippen LogP) is 0.742. The molecule has 1 saturated carbocycles. The Morgan fingerprint density at radius 1 is 1.60 bits per heavy atom. The fraction of sp³-hybridized carbons (Fsp3) is 1.00. The van der Waals surface area contributed by atoms with Crippen LogP contribution in [0.5, 0.6) is 0 Å². The molecule has 2 heteroatoms. The van der Waals surface area contributed by atoms with Crippen LogP contribution in [0, 0.1) is 11.8 Å². The summed E-state index contributed by atoms with van der Waals surface area (Å²) >= 11 is 0. The standard InChI is InChI=1S/C8H17NO/c1-6(7-2-3-7)4-8(9)5-10/h6-8,10H,2-5,9H2,1H3/t6?,8-/m1/s1. The second-order valence-electron chi connectivity index (χ2n) is 3.49. The van der Waals surface area contributed by atoms with Gasteiger partial charge in [0.05, 0.1) is 6.61 Å². The van der Waals surface area contributed by atoms with E-state index in [4.69, 9.17) is 10.8 Å². The first-order chi connectivity index (χ1) is 4.74. The van der Waals surface area contributed by atoms with E-state index >= 15 is 0 Å². The zero-order valence-electron chi connectivity index (χ0n) is 6.59. The van der Waals surface area contributed by atoms with E-state index in [2.05, 4.69) is 6.92 Å². The third kappa shape index (κ3) is 2.27. The molecule has 2 nitrogen and oxygen atoms in total. The lowest BCUT2D eigenvalue weighted by atomic mass is 9.98. The lowest BCUT2D eigenvalue weighted by Crippen LogP contribution is -2.27. The summed E-state index contributed by atoms with van der Waals surface area (Å²) in [6, 6.07) is 0.00981. The molecule has 10 heavy (non-hydrogen) atoms. The zero-order chi connectivity index (χ0) is 7.56. The molecule has 1 rings (SSSR count). The van der Waals surface area contributed by atoms with Gasteiger partial charge < -0.3 is 10.8 Å². The van der Waals surface area contributed by atoms with Crippen molar-refractivity contribution in [3.63, 3.8) is 0 Å². The first-order valence-corrected chi connectivity index (χ1v) is 4.10. The maximum absolute atomic E-state index is 8.66. The third-order valence-corrected chi connectivity index (χ3v) is 2.34. The molecule has 1 fully saturated rings. The number of hydrogen-bond donors (Lipinski definition) is 2. The van der Waals surface area contributed by atoms with E-state index < -0.39 is 0 Å². The highest BCUT2D eigenvalue weighted by atomic mass is 16.3. The van der Waals surface area contributed by atoms with Crippen molar-refractivity contribution in [1.29, 1.82) is 0 Å². The highest BCUT2D eigenvalue weighted by Gasteiger charge is 2.28. The SMILES string of the molecule is CC(C[C@@H](N)CO)C1CC1. The topological polar surface area (TPSA) is 46.2 Å². The second kappa shape index (κ2) is 3.35. The van der Waals surface area contributed by atoms with Crippen LogP contribution in [0.4, 0.5) is 0 Å². The molecule has 0 heterocycles. The molecule has 3 N–H and O–H groups in total. The van der Waals surface area contributed by atoms with Crippen LogP contribution in [-0.4, -0.2) is 17.8 Å². The van der Waals surface area contributed by atoms with Crippen LogP contribution < -0.4 is 5.73 Å². The van der Waals surface area contributed by atoms with Crippen LogP contribution in [0.2, 0.25) is 0 Å². The van der Waals surface area contributed by atoms with Gasteiger partial charge in [0, 0.05) is 6.04 Å². The van der Waals surface area contributed by atoms with Gasteiger partial charge in [0.2, 0.25) is 0 Å². The van der Waals surface area contributed by atoms with Gasteiger partial charge in [-0.05, 0) is 31.1 Å². The van der Waals surface area contributed by atoms with Gasteiger partial charge in [0.25, 0.3) is 0 Å². The number of hydrogen-bond acceptors (Lipinski definition) is 2. The van der Waals surface area contributed by atoms with Crippen molar-refractivity contribution >= 4 is 0 Å². The summed E-state index contributed by atoms with van der Waals surface area (Å²) in [5.41, 5.74) is 5.59. The molecule has 0 aliphatic heterocycles. The van der Waals surface area contributed by atoms with Crippen molar-refractivity contribution in [3.05, 3.63) is 0 Å². The Morgan fingerprint density at radius 3 is 2.60 bits per heavy atom. The lowest BCUT2D eigenvalue weighted by molar-refractivity contribution is 0.242. The summed E-state index contributed by atoms with van der Waals surface area (Å²) in [6.07, 6.45) is 3.74. The van der Waals surface area contributed by atoms with E-state index in [0.29, 0.717) is 0 Å². The molecule has 1 aliphatic carbocycles. The lowest BCUT2D eigenvalue weighted by Gasteiger charge is -2.13. The fourth-order valence-corrected chi connectivity index (χ4v) is 1.41. The van der Waals surface area contributed by atoms with Crippen molar-refractivity contribution in [2.75, 3.05) is 6.61 Å². The summed E-state index contributed by atoms with van der Waals surface area (Å²) in [4.78, 5) is 0. The van der Waals surface area contributed by atoms with Gasteiger partial charge in [-0.25, -0.2) is 0 Å². The van der Waals surface area contributed by atoms with E-state index in [9.17, 15) is 0 Å². The summed E-state index contributed by atoms with van der Waals surface area (Å²) < 4.78 is 0. The predicted molar refractivity (Wildman–Crippen MR) is 41.6 cm³/mol. The molecule has 0 radical (unpaired) electrons. The van der Waals surface area contributed by atoms with Gasteiger partial charge in [0.1, 0.15) is 0 Å². The van der Waals surface area contributed by atoms with Crippen LogP contribution in [0.15, 0.2) is 0 Å². The second-order valence-corrected chi connectivity index (χ2v) is 3.49. The minimum atomic E-state index is 0.00981.